The van der Waals surface area contributed by atoms with E-state index in [1.807, 2.05) is 43.3 Å². The number of carbonyl (C=O) groups excluding carboxylic acids is 1. The minimum Gasteiger partial charge on any atom is -0.494 e. The van der Waals surface area contributed by atoms with E-state index >= 15 is 8.78 Å². The van der Waals surface area contributed by atoms with Gasteiger partial charge in [0.2, 0.25) is 0 Å². The molecule has 5 rings (SSSR count). The molecular formula is C35H33F2N5O4. The van der Waals surface area contributed by atoms with Crippen LogP contribution in [0, 0.1) is 11.6 Å². The van der Waals surface area contributed by atoms with Gasteiger partial charge in [0, 0.05) is 54.8 Å². The number of ether oxygens (including phenoxy) is 2. The summed E-state index contributed by atoms with van der Waals surface area (Å²) in [6, 6.07) is 15.1. The number of likely N-dealkylation sites (N-methyl/N-ethyl adjacent to an activating group) is 1. The van der Waals surface area contributed by atoms with E-state index in [-0.39, 0.29) is 35.8 Å². The normalized spacial score (nSPS) is 11.4. The summed E-state index contributed by atoms with van der Waals surface area (Å²) in [7, 11) is 6.33. The van der Waals surface area contributed by atoms with Crippen LogP contribution >= 0.6 is 0 Å². The largest absolute Gasteiger partial charge is 0.494 e. The van der Waals surface area contributed by atoms with Gasteiger partial charge in [-0.25, -0.2) is 13.8 Å². The average Bonchev–Trinajstić information content (AvgIpc) is 3.04. The predicted octanol–water partition coefficient (Wildman–Crippen LogP) is 5.78. The molecule has 0 aliphatic rings. The molecule has 0 saturated heterocycles. The number of aromatic nitrogens is 3. The maximum Gasteiger partial charge on any atom is 0.259 e. The topological polar surface area (TPSA) is 98.6 Å². The van der Waals surface area contributed by atoms with E-state index in [1.165, 1.54) is 31.0 Å². The summed E-state index contributed by atoms with van der Waals surface area (Å²) in [5, 5.41) is 3.65. The second kappa shape index (κ2) is 14.1. The molecule has 0 bridgehead atoms. The zero-order valence-electron chi connectivity index (χ0n) is 25.9. The third-order valence-electron chi connectivity index (χ3n) is 7.26. The lowest BCUT2D eigenvalue weighted by molar-refractivity contribution is -0.114. The number of nitrogens with zero attached hydrogens (tertiary/aromatic N) is 4. The number of fused-ring (bicyclic) bond motifs is 1. The van der Waals surface area contributed by atoms with Gasteiger partial charge in [0.1, 0.15) is 5.82 Å². The molecule has 0 atom stereocenters. The highest BCUT2D eigenvalue weighted by Gasteiger charge is 2.25. The lowest BCUT2D eigenvalue weighted by atomic mass is 10.0. The van der Waals surface area contributed by atoms with Crippen LogP contribution in [-0.2, 0) is 17.8 Å². The van der Waals surface area contributed by atoms with Crippen molar-refractivity contribution in [2.45, 2.75) is 13.0 Å². The Bertz CT molecular complexity index is 1950. The first-order valence-corrected chi connectivity index (χ1v) is 14.4. The van der Waals surface area contributed by atoms with Crippen molar-refractivity contribution >= 4 is 28.2 Å². The highest BCUT2D eigenvalue weighted by atomic mass is 19.1. The van der Waals surface area contributed by atoms with Gasteiger partial charge in [0.05, 0.1) is 37.4 Å². The van der Waals surface area contributed by atoms with Crippen LogP contribution in [0.2, 0.25) is 0 Å². The van der Waals surface area contributed by atoms with Gasteiger partial charge in [-0.1, -0.05) is 30.3 Å². The number of rotatable bonds is 12. The van der Waals surface area contributed by atoms with E-state index in [4.69, 9.17) is 9.47 Å². The summed E-state index contributed by atoms with van der Waals surface area (Å²) in [6.07, 6.45) is 8.34. The summed E-state index contributed by atoms with van der Waals surface area (Å²) in [4.78, 5) is 37.3. The van der Waals surface area contributed by atoms with Gasteiger partial charge in [-0.05, 0) is 49.5 Å². The first kappa shape index (κ1) is 32.0. The number of allylic oxidation sites excluding steroid dienone is 1. The van der Waals surface area contributed by atoms with Crippen LogP contribution in [0.4, 0.5) is 20.3 Å². The number of methoxy groups -OCH3 is 2. The van der Waals surface area contributed by atoms with E-state index in [9.17, 15) is 9.59 Å². The quantitative estimate of drug-likeness (QED) is 0.175. The fraction of sp³-hybridized carbons (Fsp3) is 0.200. The van der Waals surface area contributed by atoms with E-state index in [0.29, 0.717) is 28.8 Å². The van der Waals surface area contributed by atoms with Crippen LogP contribution in [0.15, 0.2) is 90.1 Å². The number of benzene rings is 2. The zero-order chi connectivity index (χ0) is 32.8. The molecule has 0 unspecified atom stereocenters. The molecule has 5 aromatic rings. The van der Waals surface area contributed by atoms with Crippen molar-refractivity contribution < 1.29 is 23.0 Å². The molecule has 3 aromatic heterocycles. The van der Waals surface area contributed by atoms with E-state index in [2.05, 4.69) is 15.3 Å². The molecule has 1 N–H and O–H groups in total. The van der Waals surface area contributed by atoms with Crippen LogP contribution < -0.4 is 20.3 Å². The van der Waals surface area contributed by atoms with Gasteiger partial charge >= 0.3 is 0 Å². The van der Waals surface area contributed by atoms with E-state index < -0.39 is 22.8 Å². The third-order valence-corrected chi connectivity index (χ3v) is 7.26. The Kier molecular flexibility index (Phi) is 9.82. The molecule has 0 aliphatic heterocycles. The molecule has 0 radical (unpaired) electrons. The van der Waals surface area contributed by atoms with Crippen molar-refractivity contribution in [3.8, 4) is 22.6 Å². The molecule has 0 spiro atoms. The van der Waals surface area contributed by atoms with Gasteiger partial charge in [0.15, 0.2) is 28.9 Å². The number of ketones is 1. The van der Waals surface area contributed by atoms with Crippen molar-refractivity contribution in [3.05, 3.63) is 118 Å². The Hall–Kier alpha value is -5.42. The van der Waals surface area contributed by atoms with E-state index in [0.717, 1.165) is 17.3 Å². The van der Waals surface area contributed by atoms with Crippen LogP contribution in [-0.4, -0.2) is 60.1 Å². The second-order valence-corrected chi connectivity index (χ2v) is 10.9. The number of hydrogen-bond donors (Lipinski definition) is 1. The minimum atomic E-state index is -1.03. The Morgan fingerprint density at radius 3 is 2.35 bits per heavy atom. The lowest BCUT2D eigenvalue weighted by Crippen LogP contribution is -2.24. The summed E-state index contributed by atoms with van der Waals surface area (Å²) in [5.41, 5.74) is 1.25. The Morgan fingerprint density at radius 2 is 1.67 bits per heavy atom. The molecule has 11 heteroatoms. The molecule has 0 amide bonds. The van der Waals surface area contributed by atoms with Crippen molar-refractivity contribution in [2.75, 3.05) is 40.2 Å². The molecular weight excluding hydrogens is 592 g/mol. The van der Waals surface area contributed by atoms with E-state index in [1.54, 1.807) is 42.7 Å². The number of hydrogen-bond acceptors (Lipinski definition) is 8. The third kappa shape index (κ3) is 7.10. The SMILES string of the molecule is COc1cc(OC)c(F)c(-c2cc3cnc(Nc4ccncc4)cc3n(Cc3cccc(CC(=O)/C=C/CN(C)C)c3)c2=O)c1F. The van der Waals surface area contributed by atoms with Crippen molar-refractivity contribution in [1.29, 1.82) is 0 Å². The number of carbonyl (C=O) groups is 1. The van der Waals surface area contributed by atoms with Gasteiger partial charge < -0.3 is 24.3 Å². The number of nitrogens with one attached hydrogen (secondary N) is 1. The van der Waals surface area contributed by atoms with Gasteiger partial charge in [-0.3, -0.25) is 14.6 Å². The van der Waals surface area contributed by atoms with Gasteiger partial charge in [-0.15, -0.1) is 0 Å². The average molecular weight is 626 g/mol. The van der Waals surface area contributed by atoms with Crippen LogP contribution in [0.1, 0.15) is 11.1 Å². The van der Waals surface area contributed by atoms with Gasteiger partial charge in [-0.2, -0.15) is 0 Å². The van der Waals surface area contributed by atoms with Crippen LogP contribution in [0.5, 0.6) is 11.5 Å². The van der Waals surface area contributed by atoms with Crippen molar-refractivity contribution in [2.24, 2.45) is 0 Å². The molecule has 0 aliphatic carbocycles. The zero-order valence-corrected chi connectivity index (χ0v) is 25.9. The number of pyridine rings is 3. The highest BCUT2D eigenvalue weighted by Crippen LogP contribution is 2.37. The van der Waals surface area contributed by atoms with Crippen LogP contribution in [0.25, 0.3) is 22.0 Å². The Balaban J connectivity index is 1.63. The molecule has 3 heterocycles. The summed E-state index contributed by atoms with van der Waals surface area (Å²) >= 11 is 0. The molecule has 0 saturated carbocycles. The number of anilines is 2. The first-order valence-electron chi connectivity index (χ1n) is 14.4. The highest BCUT2D eigenvalue weighted by molar-refractivity contribution is 5.91. The predicted molar refractivity (Wildman–Crippen MR) is 174 cm³/mol. The van der Waals surface area contributed by atoms with Gasteiger partial charge in [0.25, 0.3) is 5.56 Å². The molecule has 9 nitrogen and oxygen atoms in total. The molecule has 2 aromatic carbocycles. The molecule has 0 fully saturated rings. The Labute approximate surface area is 264 Å². The standard InChI is InChI=1S/C35H33F2N5O4/c1-41(2)14-6-9-26(43)16-22-7-5-8-23(15-22)21-42-28-18-31(40-25-10-12-38-13-11-25)39-20-24(28)17-27(35(42)44)32-33(36)29(45-3)19-30(46-4)34(32)37/h5-13,15,17-20H,14,16,21H2,1-4H3,(H,38,39,40)/b9-6+. The number of halogens is 2. The maximum atomic E-state index is 15.6. The maximum absolute atomic E-state index is 15.6. The lowest BCUT2D eigenvalue weighted by Gasteiger charge is -2.17. The molecule has 236 valence electrons. The fourth-order valence-electron chi connectivity index (χ4n) is 5.06. The fourth-order valence-corrected chi connectivity index (χ4v) is 5.06. The summed E-state index contributed by atoms with van der Waals surface area (Å²) in [6.45, 7) is 0.691. The smallest absolute Gasteiger partial charge is 0.259 e. The Morgan fingerprint density at radius 1 is 0.978 bits per heavy atom. The summed E-state index contributed by atoms with van der Waals surface area (Å²) < 4.78 is 43.0. The second-order valence-electron chi connectivity index (χ2n) is 10.9. The molecule has 46 heavy (non-hydrogen) atoms. The van der Waals surface area contributed by atoms with Crippen LogP contribution in [0.3, 0.4) is 0 Å². The summed E-state index contributed by atoms with van der Waals surface area (Å²) in [5.74, 6) is -2.22. The van der Waals surface area contributed by atoms with Crippen molar-refractivity contribution in [3.63, 3.8) is 0 Å². The monoisotopic (exact) mass is 625 g/mol. The minimum absolute atomic E-state index is 0.0464. The first-order chi connectivity index (χ1) is 22.2. The van der Waals surface area contributed by atoms with Crippen molar-refractivity contribution in [1.82, 2.24) is 19.4 Å².